The summed E-state index contributed by atoms with van der Waals surface area (Å²) < 4.78 is 0. The number of aliphatic hydroxyl groups excluding tert-OH is 1. The minimum Gasteiger partial charge on any atom is -0.480 e. The van der Waals surface area contributed by atoms with Gasteiger partial charge in [0.2, 0.25) is 11.8 Å². The number of amides is 2. The van der Waals surface area contributed by atoms with E-state index in [9.17, 15) is 24.6 Å². The molecule has 2 aromatic rings. The summed E-state index contributed by atoms with van der Waals surface area (Å²) in [5.74, 6) is -2.69. The molecule has 0 bridgehead atoms. The summed E-state index contributed by atoms with van der Waals surface area (Å²) in [5, 5.41) is 23.5. The molecule has 150 valence electrons. The van der Waals surface area contributed by atoms with Crippen molar-refractivity contribution in [1.82, 2.24) is 20.6 Å². The molecule has 3 atom stereocenters. The van der Waals surface area contributed by atoms with Gasteiger partial charge in [-0.15, -0.1) is 0 Å². The van der Waals surface area contributed by atoms with Gasteiger partial charge in [0.05, 0.1) is 19.0 Å². The van der Waals surface area contributed by atoms with Crippen molar-refractivity contribution in [2.24, 2.45) is 5.73 Å². The van der Waals surface area contributed by atoms with Crippen LogP contribution in [0.3, 0.4) is 0 Å². The number of hydrogen-bond acceptors (Lipinski definition) is 6. The van der Waals surface area contributed by atoms with Crippen molar-refractivity contribution >= 4 is 17.8 Å². The van der Waals surface area contributed by atoms with Crippen LogP contribution in [0.5, 0.6) is 0 Å². The Labute approximate surface area is 161 Å². The highest BCUT2D eigenvalue weighted by atomic mass is 16.4. The van der Waals surface area contributed by atoms with Crippen molar-refractivity contribution in [3.63, 3.8) is 0 Å². The fraction of sp³-hybridized carbons (Fsp3) is 0.333. The van der Waals surface area contributed by atoms with E-state index in [4.69, 9.17) is 5.73 Å². The molecule has 0 fully saturated rings. The summed E-state index contributed by atoms with van der Waals surface area (Å²) in [6.07, 6.45) is 3.19. The summed E-state index contributed by atoms with van der Waals surface area (Å²) in [5.41, 5.74) is 7.16. The fourth-order valence-electron chi connectivity index (χ4n) is 2.52. The van der Waals surface area contributed by atoms with Crippen LogP contribution in [0.25, 0.3) is 0 Å². The third-order valence-electron chi connectivity index (χ3n) is 4.04. The molecule has 0 aliphatic heterocycles. The van der Waals surface area contributed by atoms with E-state index in [-0.39, 0.29) is 12.8 Å². The largest absolute Gasteiger partial charge is 0.480 e. The zero-order valence-electron chi connectivity index (χ0n) is 15.0. The number of H-pyrrole nitrogens is 1. The van der Waals surface area contributed by atoms with Crippen LogP contribution in [-0.2, 0) is 27.2 Å². The second-order valence-electron chi connectivity index (χ2n) is 6.22. The number of aromatic nitrogens is 2. The number of hydrogen-bond donors (Lipinski definition) is 6. The average Bonchev–Trinajstić information content (AvgIpc) is 3.18. The third-order valence-corrected chi connectivity index (χ3v) is 4.04. The SMILES string of the molecule is NC(Cc1cnc[nH]1)C(=O)NC(CO)C(=O)NC(Cc1ccccc1)C(=O)O. The molecule has 1 heterocycles. The Balaban J connectivity index is 1.94. The molecule has 2 rings (SSSR count). The number of carbonyl (C=O) groups is 3. The monoisotopic (exact) mass is 389 g/mol. The molecule has 0 radical (unpaired) electrons. The van der Waals surface area contributed by atoms with Crippen LogP contribution < -0.4 is 16.4 Å². The van der Waals surface area contributed by atoms with Crippen LogP contribution in [0.15, 0.2) is 42.9 Å². The van der Waals surface area contributed by atoms with Crippen LogP contribution in [0.1, 0.15) is 11.3 Å². The first-order valence-electron chi connectivity index (χ1n) is 8.62. The van der Waals surface area contributed by atoms with E-state index in [1.807, 2.05) is 0 Å². The lowest BCUT2D eigenvalue weighted by atomic mass is 10.1. The van der Waals surface area contributed by atoms with Crippen molar-refractivity contribution in [1.29, 1.82) is 0 Å². The molecule has 0 aliphatic rings. The number of aromatic amines is 1. The lowest BCUT2D eigenvalue weighted by Gasteiger charge is -2.21. The Bertz CT molecular complexity index is 781. The quantitative estimate of drug-likeness (QED) is 0.289. The second kappa shape index (κ2) is 10.2. The molecule has 3 unspecified atom stereocenters. The first-order valence-corrected chi connectivity index (χ1v) is 8.62. The second-order valence-corrected chi connectivity index (χ2v) is 6.22. The first kappa shape index (κ1) is 21.1. The van der Waals surface area contributed by atoms with Crippen molar-refractivity contribution in [2.45, 2.75) is 31.0 Å². The highest BCUT2D eigenvalue weighted by molar-refractivity contribution is 5.92. The van der Waals surface area contributed by atoms with Crippen molar-refractivity contribution in [3.05, 3.63) is 54.1 Å². The topological polar surface area (TPSA) is 170 Å². The molecule has 0 aliphatic carbocycles. The molecule has 0 saturated heterocycles. The van der Waals surface area contributed by atoms with Gasteiger partial charge in [-0.2, -0.15) is 0 Å². The van der Waals surface area contributed by atoms with E-state index in [0.717, 1.165) is 5.56 Å². The number of rotatable bonds is 10. The van der Waals surface area contributed by atoms with Gasteiger partial charge in [-0.05, 0) is 5.56 Å². The molecule has 0 saturated carbocycles. The van der Waals surface area contributed by atoms with Crippen LogP contribution in [0.2, 0.25) is 0 Å². The van der Waals surface area contributed by atoms with Gasteiger partial charge in [0, 0.05) is 24.7 Å². The Hall–Kier alpha value is -3.24. The van der Waals surface area contributed by atoms with E-state index in [1.165, 1.54) is 12.5 Å². The van der Waals surface area contributed by atoms with E-state index in [1.54, 1.807) is 30.3 Å². The Morgan fingerprint density at radius 1 is 1.07 bits per heavy atom. The maximum absolute atomic E-state index is 12.3. The number of benzene rings is 1. The van der Waals surface area contributed by atoms with Gasteiger partial charge >= 0.3 is 5.97 Å². The maximum Gasteiger partial charge on any atom is 0.326 e. The van der Waals surface area contributed by atoms with E-state index < -0.39 is 42.5 Å². The number of nitrogens with zero attached hydrogens (tertiary/aromatic N) is 1. The van der Waals surface area contributed by atoms with Gasteiger partial charge in [-0.25, -0.2) is 9.78 Å². The number of nitrogens with one attached hydrogen (secondary N) is 3. The standard InChI is InChI=1S/C18H23N5O5/c19-13(7-12-8-20-10-21-12)16(25)23-15(9-24)17(26)22-14(18(27)28)6-11-4-2-1-3-5-11/h1-5,8,10,13-15,24H,6-7,9,19H2,(H,20,21)(H,22,26)(H,23,25)(H,27,28). The summed E-state index contributed by atoms with van der Waals surface area (Å²) in [4.78, 5) is 42.6. The third kappa shape index (κ3) is 6.18. The predicted octanol–water partition coefficient (Wildman–Crippen LogP) is -1.43. The summed E-state index contributed by atoms with van der Waals surface area (Å²) >= 11 is 0. The van der Waals surface area contributed by atoms with Gasteiger partial charge < -0.3 is 31.6 Å². The highest BCUT2D eigenvalue weighted by Crippen LogP contribution is 2.04. The molecular weight excluding hydrogens is 366 g/mol. The van der Waals surface area contributed by atoms with Crippen LogP contribution >= 0.6 is 0 Å². The van der Waals surface area contributed by atoms with Crippen LogP contribution in [0.4, 0.5) is 0 Å². The summed E-state index contributed by atoms with van der Waals surface area (Å²) in [7, 11) is 0. The van der Waals surface area contributed by atoms with Gasteiger partial charge in [0.1, 0.15) is 12.1 Å². The first-order chi connectivity index (χ1) is 13.4. The molecule has 1 aromatic carbocycles. The van der Waals surface area contributed by atoms with Gasteiger partial charge in [0.25, 0.3) is 0 Å². The number of carboxylic acids is 1. The van der Waals surface area contributed by atoms with Gasteiger partial charge in [0.15, 0.2) is 0 Å². The fourth-order valence-corrected chi connectivity index (χ4v) is 2.52. The van der Waals surface area contributed by atoms with Crippen LogP contribution in [-0.4, -0.2) is 62.7 Å². The van der Waals surface area contributed by atoms with E-state index in [0.29, 0.717) is 5.69 Å². The summed E-state index contributed by atoms with van der Waals surface area (Å²) in [6, 6.07) is 5.28. The van der Waals surface area contributed by atoms with E-state index in [2.05, 4.69) is 20.6 Å². The molecule has 1 aromatic heterocycles. The lowest BCUT2D eigenvalue weighted by molar-refractivity contribution is -0.142. The molecule has 10 heteroatoms. The van der Waals surface area contributed by atoms with Crippen molar-refractivity contribution < 1.29 is 24.6 Å². The highest BCUT2D eigenvalue weighted by Gasteiger charge is 2.27. The lowest BCUT2D eigenvalue weighted by Crippen LogP contribution is -2.56. The summed E-state index contributed by atoms with van der Waals surface area (Å²) in [6.45, 7) is -0.702. The smallest absolute Gasteiger partial charge is 0.326 e. The molecule has 0 spiro atoms. The molecular formula is C18H23N5O5. The number of imidazole rings is 1. The number of carbonyl (C=O) groups excluding carboxylic acids is 2. The van der Waals surface area contributed by atoms with Gasteiger partial charge in [-0.1, -0.05) is 30.3 Å². The molecule has 28 heavy (non-hydrogen) atoms. The Morgan fingerprint density at radius 3 is 2.32 bits per heavy atom. The maximum atomic E-state index is 12.3. The Morgan fingerprint density at radius 2 is 1.75 bits per heavy atom. The van der Waals surface area contributed by atoms with Crippen molar-refractivity contribution in [3.8, 4) is 0 Å². The zero-order valence-corrected chi connectivity index (χ0v) is 15.0. The van der Waals surface area contributed by atoms with E-state index >= 15 is 0 Å². The number of carboxylic acid groups (broad SMARTS) is 1. The number of nitrogens with two attached hydrogens (primary N) is 1. The van der Waals surface area contributed by atoms with Crippen molar-refractivity contribution in [2.75, 3.05) is 6.61 Å². The predicted molar refractivity (Wildman–Crippen MR) is 99.0 cm³/mol. The number of aliphatic hydroxyl groups is 1. The molecule has 10 nitrogen and oxygen atoms in total. The van der Waals surface area contributed by atoms with Gasteiger partial charge in [-0.3, -0.25) is 9.59 Å². The Kier molecular flexibility index (Phi) is 7.66. The minimum atomic E-state index is -1.32. The zero-order chi connectivity index (χ0) is 20.5. The molecule has 2 amide bonds. The normalized spacial score (nSPS) is 13.9. The average molecular weight is 389 g/mol. The van der Waals surface area contributed by atoms with Crippen LogP contribution in [0, 0.1) is 0 Å². The minimum absolute atomic E-state index is 0.0628. The molecule has 7 N–H and O–H groups in total. The number of aliphatic carboxylic acids is 1.